The molecule has 1 aliphatic rings. The molecule has 2 aromatic rings. The molecule has 3 rings (SSSR count). The molecule has 2 aromatic carbocycles. The summed E-state index contributed by atoms with van der Waals surface area (Å²) in [6, 6.07) is 11.4. The lowest BCUT2D eigenvalue weighted by molar-refractivity contribution is -0.120. The molecular weight excluding hydrogens is 400 g/mol. The number of nitrogens with one attached hydrogen (secondary N) is 1. The molecule has 6 nitrogen and oxygen atoms in total. The van der Waals surface area contributed by atoms with Crippen molar-refractivity contribution >= 4 is 21.6 Å². The summed E-state index contributed by atoms with van der Waals surface area (Å²) >= 11 is 0. The van der Waals surface area contributed by atoms with Crippen LogP contribution in [-0.2, 0) is 27.7 Å². The number of ether oxygens (including phenoxy) is 1. The number of benzene rings is 2. The van der Waals surface area contributed by atoms with E-state index in [0.29, 0.717) is 11.4 Å². The van der Waals surface area contributed by atoms with Gasteiger partial charge in [-0.3, -0.25) is 9.10 Å². The summed E-state index contributed by atoms with van der Waals surface area (Å²) in [6.45, 7) is 3.47. The molecule has 162 valence electrons. The zero-order valence-corrected chi connectivity index (χ0v) is 18.9. The quantitative estimate of drug-likeness (QED) is 0.729. The average Bonchev–Trinajstić information content (AvgIpc) is 2.70. The van der Waals surface area contributed by atoms with Gasteiger partial charge in [0.1, 0.15) is 12.3 Å². The number of anilines is 1. The van der Waals surface area contributed by atoms with Crippen molar-refractivity contribution in [1.29, 1.82) is 0 Å². The van der Waals surface area contributed by atoms with E-state index in [0.717, 1.165) is 34.5 Å². The number of hydrogen-bond acceptors (Lipinski definition) is 4. The molecule has 0 aromatic heterocycles. The third kappa shape index (κ3) is 5.14. The van der Waals surface area contributed by atoms with Crippen LogP contribution in [-0.4, -0.2) is 34.2 Å². The van der Waals surface area contributed by atoms with Crippen LogP contribution in [0.25, 0.3) is 0 Å². The van der Waals surface area contributed by atoms with Crippen molar-refractivity contribution in [2.24, 2.45) is 0 Å². The van der Waals surface area contributed by atoms with Crippen molar-refractivity contribution in [3.8, 4) is 5.75 Å². The molecule has 1 N–H and O–H groups in total. The van der Waals surface area contributed by atoms with Crippen molar-refractivity contribution in [3.05, 3.63) is 58.7 Å². The van der Waals surface area contributed by atoms with E-state index in [2.05, 4.69) is 17.4 Å². The second-order valence-electron chi connectivity index (χ2n) is 7.97. The van der Waals surface area contributed by atoms with Gasteiger partial charge < -0.3 is 10.1 Å². The number of sulfonamides is 1. The maximum Gasteiger partial charge on any atom is 0.241 e. The van der Waals surface area contributed by atoms with Gasteiger partial charge in [-0.25, -0.2) is 8.42 Å². The van der Waals surface area contributed by atoms with E-state index in [-0.39, 0.29) is 18.5 Å². The molecule has 1 amide bonds. The first-order valence-electron chi connectivity index (χ1n) is 10.2. The zero-order valence-electron chi connectivity index (χ0n) is 18.1. The van der Waals surface area contributed by atoms with Crippen LogP contribution in [0, 0.1) is 6.92 Å². The fourth-order valence-corrected chi connectivity index (χ4v) is 4.75. The Bertz CT molecular complexity index is 1030. The van der Waals surface area contributed by atoms with Crippen LogP contribution in [0.5, 0.6) is 5.75 Å². The van der Waals surface area contributed by atoms with Crippen molar-refractivity contribution in [3.63, 3.8) is 0 Å². The molecule has 30 heavy (non-hydrogen) atoms. The monoisotopic (exact) mass is 430 g/mol. The standard InChI is InChI=1S/C23H30N2O4S/c1-16-9-12-22(29-3)21(13-16)25(30(4,27)28)15-23(26)24-17(2)19-11-10-18-7-5-6-8-20(18)14-19/h9-14,17H,5-8,15H2,1-4H3,(H,24,26)/t17-/m0/s1. The van der Waals surface area contributed by atoms with Crippen LogP contribution in [0.4, 0.5) is 5.69 Å². The smallest absolute Gasteiger partial charge is 0.241 e. The largest absolute Gasteiger partial charge is 0.495 e. The molecule has 0 radical (unpaired) electrons. The van der Waals surface area contributed by atoms with E-state index >= 15 is 0 Å². The van der Waals surface area contributed by atoms with Gasteiger partial charge in [-0.05, 0) is 73.9 Å². The summed E-state index contributed by atoms with van der Waals surface area (Å²) in [7, 11) is -2.20. The lowest BCUT2D eigenvalue weighted by Crippen LogP contribution is -2.41. The minimum atomic E-state index is -3.68. The van der Waals surface area contributed by atoms with E-state index in [1.807, 2.05) is 26.0 Å². The normalized spacial score (nSPS) is 14.5. The summed E-state index contributed by atoms with van der Waals surface area (Å²) in [5, 5.41) is 2.94. The first-order valence-corrected chi connectivity index (χ1v) is 12.1. The molecule has 1 aliphatic carbocycles. The number of carbonyl (C=O) groups is 1. The summed E-state index contributed by atoms with van der Waals surface area (Å²) in [4.78, 5) is 12.8. The topological polar surface area (TPSA) is 75.7 Å². The predicted molar refractivity (Wildman–Crippen MR) is 120 cm³/mol. The van der Waals surface area contributed by atoms with Gasteiger partial charge in [0, 0.05) is 0 Å². The fraction of sp³-hybridized carbons (Fsp3) is 0.435. The predicted octanol–water partition coefficient (Wildman–Crippen LogP) is 3.53. The zero-order chi connectivity index (χ0) is 21.9. The van der Waals surface area contributed by atoms with E-state index in [1.165, 1.54) is 31.1 Å². The van der Waals surface area contributed by atoms with Gasteiger partial charge in [0.25, 0.3) is 0 Å². The Hall–Kier alpha value is -2.54. The molecule has 0 saturated heterocycles. The van der Waals surface area contributed by atoms with Crippen LogP contribution >= 0.6 is 0 Å². The van der Waals surface area contributed by atoms with Crippen molar-refractivity contribution in [2.75, 3.05) is 24.2 Å². The highest BCUT2D eigenvalue weighted by Crippen LogP contribution is 2.31. The number of hydrogen-bond donors (Lipinski definition) is 1. The number of amides is 1. The Morgan fingerprint density at radius 2 is 1.83 bits per heavy atom. The van der Waals surface area contributed by atoms with E-state index in [4.69, 9.17) is 4.74 Å². The number of rotatable bonds is 7. The van der Waals surface area contributed by atoms with Crippen LogP contribution < -0.4 is 14.4 Å². The third-order valence-corrected chi connectivity index (χ3v) is 6.67. The first kappa shape index (κ1) is 22.2. The molecule has 0 unspecified atom stereocenters. The van der Waals surface area contributed by atoms with Gasteiger partial charge in [0.05, 0.1) is 25.1 Å². The van der Waals surface area contributed by atoms with Gasteiger partial charge >= 0.3 is 0 Å². The molecular formula is C23H30N2O4S. The Morgan fingerprint density at radius 3 is 2.50 bits per heavy atom. The molecule has 0 bridgehead atoms. The van der Waals surface area contributed by atoms with Gasteiger partial charge in [-0.2, -0.15) is 0 Å². The van der Waals surface area contributed by atoms with Gasteiger partial charge in [0.15, 0.2) is 0 Å². The Labute approximate surface area is 179 Å². The number of methoxy groups -OCH3 is 1. The molecule has 0 saturated carbocycles. The van der Waals surface area contributed by atoms with Crippen LogP contribution in [0.3, 0.4) is 0 Å². The summed E-state index contributed by atoms with van der Waals surface area (Å²) in [5.41, 5.74) is 5.00. The molecule has 0 spiro atoms. The Morgan fingerprint density at radius 1 is 1.13 bits per heavy atom. The first-order chi connectivity index (χ1) is 14.2. The molecule has 0 aliphatic heterocycles. The number of nitrogens with zero attached hydrogens (tertiary/aromatic N) is 1. The van der Waals surface area contributed by atoms with Crippen LogP contribution in [0.1, 0.15) is 48.1 Å². The molecule has 0 heterocycles. The van der Waals surface area contributed by atoms with Gasteiger partial charge in [0.2, 0.25) is 15.9 Å². The van der Waals surface area contributed by atoms with E-state index in [9.17, 15) is 13.2 Å². The maximum atomic E-state index is 12.8. The average molecular weight is 431 g/mol. The summed E-state index contributed by atoms with van der Waals surface area (Å²) < 4.78 is 31.3. The fourth-order valence-electron chi connectivity index (χ4n) is 3.90. The second kappa shape index (κ2) is 9.08. The second-order valence-corrected chi connectivity index (χ2v) is 9.88. The van der Waals surface area contributed by atoms with Crippen molar-refractivity contribution in [1.82, 2.24) is 5.32 Å². The minimum absolute atomic E-state index is 0.217. The van der Waals surface area contributed by atoms with Crippen LogP contribution in [0.2, 0.25) is 0 Å². The third-order valence-electron chi connectivity index (χ3n) is 5.54. The van der Waals surface area contributed by atoms with E-state index in [1.54, 1.807) is 12.1 Å². The van der Waals surface area contributed by atoms with Crippen LogP contribution in [0.15, 0.2) is 36.4 Å². The highest BCUT2D eigenvalue weighted by Gasteiger charge is 2.25. The van der Waals surface area contributed by atoms with Crippen molar-refractivity contribution < 1.29 is 17.9 Å². The van der Waals surface area contributed by atoms with E-state index < -0.39 is 10.0 Å². The Kier molecular flexibility index (Phi) is 6.71. The van der Waals surface area contributed by atoms with Crippen molar-refractivity contribution in [2.45, 2.75) is 45.6 Å². The number of fused-ring (bicyclic) bond motifs is 1. The maximum absolute atomic E-state index is 12.8. The number of aryl methyl sites for hydroxylation is 3. The van der Waals surface area contributed by atoms with Gasteiger partial charge in [-0.15, -0.1) is 0 Å². The molecule has 7 heteroatoms. The lowest BCUT2D eigenvalue weighted by Gasteiger charge is -2.25. The highest BCUT2D eigenvalue weighted by molar-refractivity contribution is 7.92. The molecule has 1 atom stereocenters. The summed E-state index contributed by atoms with van der Waals surface area (Å²) in [5.74, 6) is 0.0377. The summed E-state index contributed by atoms with van der Waals surface area (Å²) in [6.07, 6.45) is 5.69. The highest BCUT2D eigenvalue weighted by atomic mass is 32.2. The SMILES string of the molecule is COc1ccc(C)cc1N(CC(=O)N[C@@H](C)c1ccc2c(c1)CCCC2)S(C)(=O)=O. The van der Waals surface area contributed by atoms with Gasteiger partial charge in [-0.1, -0.05) is 24.3 Å². The minimum Gasteiger partial charge on any atom is -0.495 e. The molecule has 0 fully saturated rings. The lowest BCUT2D eigenvalue weighted by atomic mass is 9.89. The number of carbonyl (C=O) groups excluding carboxylic acids is 1. The Balaban J connectivity index is 1.78.